The summed E-state index contributed by atoms with van der Waals surface area (Å²) in [6, 6.07) is 17.2. The largest absolute Gasteiger partial charge is 0.300 e. The molecule has 0 aliphatic carbocycles. The van der Waals surface area contributed by atoms with Crippen LogP contribution < -0.4 is 5.32 Å². The minimum absolute atomic E-state index is 0.0128. The van der Waals surface area contributed by atoms with Gasteiger partial charge >= 0.3 is 0 Å². The first-order valence-electron chi connectivity index (χ1n) is 7.13. The Labute approximate surface area is 136 Å². The fourth-order valence-corrected chi connectivity index (χ4v) is 4.05. The van der Waals surface area contributed by atoms with E-state index in [-0.39, 0.29) is 11.6 Å². The summed E-state index contributed by atoms with van der Waals surface area (Å²) in [5.74, 6) is 0. The van der Waals surface area contributed by atoms with E-state index in [1.165, 1.54) is 21.6 Å². The number of thioether (sulfide) groups is 1. The monoisotopic (exact) mass is 313 g/mol. The van der Waals surface area contributed by atoms with E-state index in [1.807, 2.05) is 0 Å². The molecule has 0 saturated carbocycles. The lowest BCUT2D eigenvalue weighted by Gasteiger charge is -2.29. The number of hydrogen-bond donors (Lipinski definition) is 1. The zero-order valence-corrected chi connectivity index (χ0v) is 14.1. The highest BCUT2D eigenvalue weighted by atomic mass is 32.2. The van der Waals surface area contributed by atoms with Crippen LogP contribution in [0.5, 0.6) is 0 Å². The van der Waals surface area contributed by atoms with Gasteiger partial charge in [-0.2, -0.15) is 0 Å². The molecule has 1 heterocycles. The van der Waals surface area contributed by atoms with Gasteiger partial charge in [-0.05, 0) is 43.5 Å². The molecule has 0 bridgehead atoms. The Morgan fingerprint density at radius 2 is 1.57 bits per heavy atom. The maximum absolute atomic E-state index is 5.73. The Hall–Kier alpha value is -1.16. The van der Waals surface area contributed by atoms with E-state index in [1.54, 1.807) is 11.8 Å². The molecule has 1 nitrogen and oxygen atoms in total. The number of thiocarbonyl (C=S) groups is 1. The standard InChI is InChI=1S/C18H19NS2/c1-18(2,3)19-16-14-10-5-4-8-12(14)13-9-6-7-11-15(13)21-17(16)20/h4-11,16,19H,1-3H3. The molecule has 0 aromatic heterocycles. The number of nitrogens with one attached hydrogen (secondary N) is 1. The van der Waals surface area contributed by atoms with Crippen molar-refractivity contribution in [2.24, 2.45) is 0 Å². The second-order valence-corrected chi connectivity index (χ2v) is 8.11. The van der Waals surface area contributed by atoms with Crippen molar-refractivity contribution >= 4 is 28.2 Å². The van der Waals surface area contributed by atoms with E-state index in [0.29, 0.717) is 0 Å². The van der Waals surface area contributed by atoms with Crippen molar-refractivity contribution in [2.75, 3.05) is 0 Å². The molecule has 21 heavy (non-hydrogen) atoms. The topological polar surface area (TPSA) is 12.0 Å². The highest BCUT2D eigenvalue weighted by Crippen LogP contribution is 2.43. The quantitative estimate of drug-likeness (QED) is 0.725. The third-order valence-electron chi connectivity index (χ3n) is 3.47. The van der Waals surface area contributed by atoms with Crippen LogP contribution in [-0.4, -0.2) is 9.74 Å². The van der Waals surface area contributed by atoms with Crippen LogP contribution in [0.2, 0.25) is 0 Å². The van der Waals surface area contributed by atoms with Crippen molar-refractivity contribution < 1.29 is 0 Å². The summed E-state index contributed by atoms with van der Waals surface area (Å²) in [4.78, 5) is 1.24. The highest BCUT2D eigenvalue weighted by Gasteiger charge is 2.29. The maximum Gasteiger partial charge on any atom is 0.0754 e. The molecule has 3 heteroatoms. The number of benzene rings is 2. The first-order chi connectivity index (χ1) is 9.96. The van der Waals surface area contributed by atoms with Crippen LogP contribution in [0.1, 0.15) is 32.4 Å². The van der Waals surface area contributed by atoms with Gasteiger partial charge < -0.3 is 5.32 Å². The van der Waals surface area contributed by atoms with E-state index >= 15 is 0 Å². The van der Waals surface area contributed by atoms with E-state index in [2.05, 4.69) is 74.6 Å². The summed E-state index contributed by atoms with van der Waals surface area (Å²) >= 11 is 7.44. The van der Waals surface area contributed by atoms with Crippen LogP contribution in [0.4, 0.5) is 0 Å². The van der Waals surface area contributed by atoms with Gasteiger partial charge in [0.25, 0.3) is 0 Å². The minimum atomic E-state index is 0.0128. The SMILES string of the molecule is CC(C)(C)NC1C(=S)Sc2ccccc2-c2ccccc21. The van der Waals surface area contributed by atoms with Crippen LogP contribution in [0.3, 0.4) is 0 Å². The number of hydrogen-bond acceptors (Lipinski definition) is 3. The Morgan fingerprint density at radius 3 is 2.29 bits per heavy atom. The third-order valence-corrected chi connectivity index (χ3v) is 4.97. The molecule has 108 valence electrons. The Balaban J connectivity index is 2.18. The predicted octanol–water partition coefficient (Wildman–Crippen LogP) is 5.22. The Bertz CT molecular complexity index is 686. The van der Waals surface area contributed by atoms with Gasteiger partial charge in [-0.25, -0.2) is 0 Å². The molecule has 2 aromatic rings. The van der Waals surface area contributed by atoms with Crippen LogP contribution in [0.25, 0.3) is 11.1 Å². The number of rotatable bonds is 1. The van der Waals surface area contributed by atoms with Gasteiger partial charge in [-0.15, -0.1) is 0 Å². The molecule has 3 rings (SSSR count). The van der Waals surface area contributed by atoms with E-state index in [0.717, 1.165) is 4.20 Å². The third kappa shape index (κ3) is 3.05. The zero-order valence-electron chi connectivity index (χ0n) is 12.5. The van der Waals surface area contributed by atoms with Gasteiger partial charge in [-0.3, -0.25) is 0 Å². The van der Waals surface area contributed by atoms with Crippen LogP contribution >= 0.6 is 24.0 Å². The van der Waals surface area contributed by atoms with Gasteiger partial charge in [-0.1, -0.05) is 66.4 Å². The lowest BCUT2D eigenvalue weighted by atomic mass is 9.94. The molecule has 0 fully saturated rings. The van der Waals surface area contributed by atoms with Crippen molar-refractivity contribution in [2.45, 2.75) is 37.2 Å². The van der Waals surface area contributed by atoms with Crippen LogP contribution in [0, 0.1) is 0 Å². The highest BCUT2D eigenvalue weighted by molar-refractivity contribution is 8.23. The van der Waals surface area contributed by atoms with Gasteiger partial charge in [0.05, 0.1) is 10.2 Å². The van der Waals surface area contributed by atoms with E-state index < -0.39 is 0 Å². The average molecular weight is 313 g/mol. The molecular weight excluding hydrogens is 294 g/mol. The van der Waals surface area contributed by atoms with Gasteiger partial charge in [0, 0.05) is 10.4 Å². The Kier molecular flexibility index (Phi) is 3.91. The molecule has 1 unspecified atom stereocenters. The molecule has 1 N–H and O–H groups in total. The maximum atomic E-state index is 5.73. The second kappa shape index (κ2) is 5.56. The summed E-state index contributed by atoms with van der Waals surface area (Å²) in [6.45, 7) is 6.54. The smallest absolute Gasteiger partial charge is 0.0754 e. The summed E-state index contributed by atoms with van der Waals surface area (Å²) in [7, 11) is 0. The first kappa shape index (κ1) is 14.8. The summed E-state index contributed by atoms with van der Waals surface area (Å²) in [6.07, 6.45) is 0. The Morgan fingerprint density at radius 1 is 0.952 bits per heavy atom. The molecule has 0 saturated heterocycles. The van der Waals surface area contributed by atoms with Crippen molar-refractivity contribution in [3.63, 3.8) is 0 Å². The average Bonchev–Trinajstić information content (AvgIpc) is 2.54. The number of fused-ring (bicyclic) bond motifs is 3. The second-order valence-electron chi connectivity index (χ2n) is 6.33. The summed E-state index contributed by atoms with van der Waals surface area (Å²) in [5.41, 5.74) is 3.84. The summed E-state index contributed by atoms with van der Waals surface area (Å²) < 4.78 is 0.988. The molecule has 0 spiro atoms. The minimum Gasteiger partial charge on any atom is -0.300 e. The molecule has 1 atom stereocenters. The van der Waals surface area contributed by atoms with Gasteiger partial charge in [0.15, 0.2) is 0 Å². The molecule has 2 aromatic carbocycles. The zero-order chi connectivity index (χ0) is 15.0. The first-order valence-corrected chi connectivity index (χ1v) is 8.36. The fourth-order valence-electron chi connectivity index (χ4n) is 2.64. The normalized spacial score (nSPS) is 17.9. The van der Waals surface area contributed by atoms with Crippen molar-refractivity contribution in [1.82, 2.24) is 5.32 Å². The van der Waals surface area contributed by atoms with Crippen molar-refractivity contribution in [3.8, 4) is 11.1 Å². The van der Waals surface area contributed by atoms with E-state index in [9.17, 15) is 0 Å². The molecule has 0 radical (unpaired) electrons. The predicted molar refractivity (Wildman–Crippen MR) is 96.0 cm³/mol. The molecule has 1 aliphatic heterocycles. The molecule has 0 amide bonds. The van der Waals surface area contributed by atoms with Crippen molar-refractivity contribution in [3.05, 3.63) is 54.1 Å². The van der Waals surface area contributed by atoms with Crippen LogP contribution in [0.15, 0.2) is 53.4 Å². The summed E-state index contributed by atoms with van der Waals surface area (Å²) in [5, 5.41) is 3.68. The van der Waals surface area contributed by atoms with E-state index in [4.69, 9.17) is 12.2 Å². The van der Waals surface area contributed by atoms with Crippen LogP contribution in [-0.2, 0) is 0 Å². The fraction of sp³-hybridized carbons (Fsp3) is 0.278. The van der Waals surface area contributed by atoms with Gasteiger partial charge in [0.2, 0.25) is 0 Å². The lowest BCUT2D eigenvalue weighted by Crippen LogP contribution is -2.41. The van der Waals surface area contributed by atoms with Gasteiger partial charge in [0.1, 0.15) is 0 Å². The lowest BCUT2D eigenvalue weighted by molar-refractivity contribution is 0.410. The molecular formula is C18H19NS2. The van der Waals surface area contributed by atoms with Crippen molar-refractivity contribution in [1.29, 1.82) is 0 Å². The molecule has 1 aliphatic rings.